The fourth-order valence-electron chi connectivity index (χ4n) is 1.34. The van der Waals surface area contributed by atoms with E-state index in [1.165, 1.54) is 19.3 Å². The van der Waals surface area contributed by atoms with Crippen molar-refractivity contribution in [1.82, 2.24) is 5.32 Å². The van der Waals surface area contributed by atoms with Crippen LogP contribution in [0.2, 0.25) is 0 Å². The molecular weight excluding hydrogens is 134 g/mol. The Hall–Kier alpha value is 0.250. The lowest BCUT2D eigenvalue weighted by Crippen LogP contribution is -2.52. The topological polar surface area (TPSA) is 12.0 Å². The molecule has 0 atom stereocenters. The van der Waals surface area contributed by atoms with Crippen LogP contribution in [0.15, 0.2) is 0 Å². The van der Waals surface area contributed by atoms with Crippen LogP contribution in [0.5, 0.6) is 0 Å². The van der Waals surface area contributed by atoms with Gasteiger partial charge in [0.2, 0.25) is 0 Å². The zero-order valence-corrected chi connectivity index (χ0v) is 6.67. The average molecular weight is 148 g/mol. The molecule has 2 heteroatoms. The van der Waals surface area contributed by atoms with Crippen LogP contribution < -0.4 is 5.32 Å². The Morgan fingerprint density at radius 1 is 1.56 bits per heavy atom. The van der Waals surface area contributed by atoms with Gasteiger partial charge in [0.25, 0.3) is 0 Å². The largest absolute Gasteiger partial charge is 0.310 e. The Balaban J connectivity index is 2.28. The summed E-state index contributed by atoms with van der Waals surface area (Å²) in [7, 11) is 0. The van der Waals surface area contributed by atoms with Crippen molar-refractivity contribution in [3.05, 3.63) is 0 Å². The van der Waals surface area contributed by atoms with E-state index in [0.29, 0.717) is 5.54 Å². The lowest BCUT2D eigenvalue weighted by Gasteiger charge is -2.41. The molecule has 1 aliphatic rings. The third-order valence-electron chi connectivity index (χ3n) is 2.12. The number of hydrogen-bond donors (Lipinski definition) is 1. The zero-order valence-electron chi connectivity index (χ0n) is 5.91. The molecule has 0 unspecified atom stereocenters. The van der Waals surface area contributed by atoms with E-state index in [4.69, 9.17) is 11.6 Å². The fraction of sp³-hybridized carbons (Fsp3) is 1.00. The number of rotatable bonds is 3. The monoisotopic (exact) mass is 147 g/mol. The predicted octanol–water partition coefficient (Wildman–Crippen LogP) is 1.76. The Labute approximate surface area is 61.8 Å². The molecular formula is C7H14ClN. The minimum atomic E-state index is 0.330. The summed E-state index contributed by atoms with van der Waals surface area (Å²) >= 11 is 5.78. The van der Waals surface area contributed by atoms with Crippen LogP contribution in [0, 0.1) is 0 Å². The molecule has 1 saturated carbocycles. The molecule has 1 fully saturated rings. The summed E-state index contributed by atoms with van der Waals surface area (Å²) in [5, 5.41) is 3.41. The van der Waals surface area contributed by atoms with Gasteiger partial charge in [-0.2, -0.15) is 0 Å². The van der Waals surface area contributed by atoms with Gasteiger partial charge in [0.05, 0.1) is 0 Å². The number of alkyl halides is 1. The molecule has 0 amide bonds. The molecule has 1 aliphatic carbocycles. The van der Waals surface area contributed by atoms with Gasteiger partial charge in [-0.1, -0.05) is 6.92 Å². The first-order valence-corrected chi connectivity index (χ1v) is 4.17. The van der Waals surface area contributed by atoms with Crippen molar-refractivity contribution in [2.24, 2.45) is 0 Å². The summed E-state index contributed by atoms with van der Waals surface area (Å²) in [6.07, 6.45) is 3.88. The van der Waals surface area contributed by atoms with Crippen molar-refractivity contribution in [3.8, 4) is 0 Å². The minimum Gasteiger partial charge on any atom is -0.310 e. The minimum absolute atomic E-state index is 0.330. The maximum absolute atomic E-state index is 5.78. The number of halogens is 1. The molecule has 9 heavy (non-hydrogen) atoms. The molecule has 0 aromatic carbocycles. The second-order valence-corrected chi connectivity index (χ2v) is 3.07. The summed E-state index contributed by atoms with van der Waals surface area (Å²) in [6, 6.07) is 0. The Bertz CT molecular complexity index is 83.4. The molecule has 1 nitrogen and oxygen atoms in total. The van der Waals surface area contributed by atoms with E-state index < -0.39 is 0 Å². The molecule has 0 aromatic heterocycles. The summed E-state index contributed by atoms with van der Waals surface area (Å²) in [6.45, 7) is 3.18. The van der Waals surface area contributed by atoms with Crippen molar-refractivity contribution in [2.75, 3.05) is 12.4 Å². The van der Waals surface area contributed by atoms with Gasteiger partial charge in [0, 0.05) is 11.4 Å². The van der Waals surface area contributed by atoms with Gasteiger partial charge in [0.1, 0.15) is 0 Å². The third-order valence-corrected chi connectivity index (χ3v) is 2.63. The Morgan fingerprint density at radius 2 is 2.22 bits per heavy atom. The maximum atomic E-state index is 5.78. The molecule has 1 rings (SSSR count). The molecule has 54 valence electrons. The van der Waals surface area contributed by atoms with E-state index in [1.807, 2.05) is 0 Å². The highest BCUT2D eigenvalue weighted by atomic mass is 35.5. The molecule has 0 heterocycles. The van der Waals surface area contributed by atoms with Crippen molar-refractivity contribution in [2.45, 2.75) is 31.7 Å². The van der Waals surface area contributed by atoms with Crippen LogP contribution in [-0.2, 0) is 0 Å². The number of nitrogens with one attached hydrogen (secondary N) is 1. The second kappa shape index (κ2) is 2.89. The molecule has 0 aromatic rings. The highest BCUT2D eigenvalue weighted by Gasteiger charge is 2.34. The van der Waals surface area contributed by atoms with Crippen LogP contribution in [0.1, 0.15) is 26.2 Å². The van der Waals surface area contributed by atoms with Gasteiger partial charge in [-0.3, -0.25) is 0 Å². The van der Waals surface area contributed by atoms with E-state index in [1.54, 1.807) is 0 Å². The Kier molecular flexibility index (Phi) is 2.36. The summed E-state index contributed by atoms with van der Waals surface area (Å²) in [5.41, 5.74) is 0.330. The van der Waals surface area contributed by atoms with Crippen LogP contribution in [-0.4, -0.2) is 18.0 Å². The van der Waals surface area contributed by atoms with E-state index >= 15 is 0 Å². The molecule has 0 bridgehead atoms. The smallest absolute Gasteiger partial charge is 0.0406 e. The van der Waals surface area contributed by atoms with E-state index in [2.05, 4.69) is 12.2 Å². The lowest BCUT2D eigenvalue weighted by molar-refractivity contribution is 0.217. The van der Waals surface area contributed by atoms with Gasteiger partial charge in [-0.15, -0.1) is 11.6 Å². The van der Waals surface area contributed by atoms with Gasteiger partial charge < -0.3 is 5.32 Å². The first-order valence-electron chi connectivity index (χ1n) is 3.64. The molecule has 0 aliphatic heterocycles. The molecule has 0 saturated heterocycles. The first kappa shape index (κ1) is 7.36. The lowest BCUT2D eigenvalue weighted by atomic mass is 9.78. The molecule has 0 radical (unpaired) electrons. The summed E-state index contributed by atoms with van der Waals surface area (Å²) in [5.74, 6) is 0.779. The predicted molar refractivity (Wildman–Crippen MR) is 41.0 cm³/mol. The van der Waals surface area contributed by atoms with Crippen molar-refractivity contribution in [1.29, 1.82) is 0 Å². The first-order chi connectivity index (χ1) is 4.33. The van der Waals surface area contributed by atoms with Gasteiger partial charge >= 0.3 is 0 Å². The van der Waals surface area contributed by atoms with Crippen LogP contribution >= 0.6 is 11.6 Å². The van der Waals surface area contributed by atoms with E-state index in [9.17, 15) is 0 Å². The molecule has 0 spiro atoms. The highest BCUT2D eigenvalue weighted by Crippen LogP contribution is 2.32. The van der Waals surface area contributed by atoms with Gasteiger partial charge in [-0.05, 0) is 25.8 Å². The summed E-state index contributed by atoms with van der Waals surface area (Å²) in [4.78, 5) is 0. The van der Waals surface area contributed by atoms with Crippen LogP contribution in [0.4, 0.5) is 0 Å². The molecule has 1 N–H and O–H groups in total. The second-order valence-electron chi connectivity index (χ2n) is 2.80. The van der Waals surface area contributed by atoms with Crippen LogP contribution in [0.25, 0.3) is 0 Å². The van der Waals surface area contributed by atoms with Crippen molar-refractivity contribution < 1.29 is 0 Å². The average Bonchev–Trinajstić information content (AvgIpc) is 1.79. The van der Waals surface area contributed by atoms with E-state index in [-0.39, 0.29) is 0 Å². The highest BCUT2D eigenvalue weighted by molar-refractivity contribution is 6.18. The van der Waals surface area contributed by atoms with Crippen LogP contribution in [0.3, 0.4) is 0 Å². The summed E-state index contributed by atoms with van der Waals surface area (Å²) < 4.78 is 0. The normalized spacial score (nSPS) is 23.3. The standard InChI is InChI=1S/C7H14ClN/c1-2-9-7(6-8)4-3-5-7/h9H,2-6H2,1H3. The Morgan fingerprint density at radius 3 is 2.33 bits per heavy atom. The number of hydrogen-bond acceptors (Lipinski definition) is 1. The van der Waals surface area contributed by atoms with Gasteiger partial charge in [-0.25, -0.2) is 0 Å². The van der Waals surface area contributed by atoms with E-state index in [0.717, 1.165) is 12.4 Å². The third kappa shape index (κ3) is 1.39. The van der Waals surface area contributed by atoms with Gasteiger partial charge in [0.15, 0.2) is 0 Å². The van der Waals surface area contributed by atoms with Crippen molar-refractivity contribution in [3.63, 3.8) is 0 Å². The SMILES string of the molecule is CCNC1(CCl)CCC1. The fourth-order valence-corrected chi connectivity index (χ4v) is 1.70. The maximum Gasteiger partial charge on any atom is 0.0406 e. The quantitative estimate of drug-likeness (QED) is 0.600. The zero-order chi connectivity index (χ0) is 6.74. The van der Waals surface area contributed by atoms with Crippen molar-refractivity contribution >= 4 is 11.6 Å².